The zero-order valence-electron chi connectivity index (χ0n) is 39.5. The SMILES string of the molecule is [2H]N(C(=O)[C@@H](C)O[C@H]1[C@H](O)[C@@H](COC(=O)C[C@@H](CCCCCCCCCCC)OC(=O)CCCCCCCCCCC)O[C@@H](S)[C@@H]1NC(C)=O)[C@@H](C)C(=O)N[C@@H](CCC(=O)O)C(N)=O. The molecule has 1 heterocycles. The highest BCUT2D eigenvalue weighted by molar-refractivity contribution is 7.80. The minimum Gasteiger partial charge on any atom is -0.481 e. The topological polar surface area (TPSA) is 259 Å². The number of aliphatic carboxylic acids is 1. The van der Waals surface area contributed by atoms with E-state index in [9.17, 15) is 38.7 Å². The van der Waals surface area contributed by atoms with Crippen molar-refractivity contribution in [1.82, 2.24) is 15.9 Å². The number of ether oxygens (including phenoxy) is 4. The van der Waals surface area contributed by atoms with Crippen LogP contribution in [0.1, 0.15) is 182 Å². The van der Waals surface area contributed by atoms with Crippen LogP contribution in [0.15, 0.2) is 0 Å². The van der Waals surface area contributed by atoms with E-state index in [-0.39, 0.29) is 25.2 Å². The van der Waals surface area contributed by atoms with Crippen LogP contribution in [-0.4, -0.2) is 112 Å². The fourth-order valence-electron chi connectivity index (χ4n) is 7.25. The van der Waals surface area contributed by atoms with Crippen LogP contribution >= 0.6 is 12.6 Å². The predicted octanol–water partition coefficient (Wildman–Crippen LogP) is 5.31. The largest absolute Gasteiger partial charge is 0.481 e. The summed E-state index contributed by atoms with van der Waals surface area (Å²) in [5.74, 6) is -5.83. The van der Waals surface area contributed by atoms with Gasteiger partial charge in [0.15, 0.2) is 1.41 Å². The molecule has 17 nitrogen and oxygen atoms in total. The third-order valence-corrected chi connectivity index (χ3v) is 11.4. The van der Waals surface area contributed by atoms with E-state index in [0.29, 0.717) is 18.2 Å². The number of nitrogens with two attached hydrogens (primary N) is 1. The van der Waals surface area contributed by atoms with Gasteiger partial charge in [-0.15, -0.1) is 12.6 Å². The maximum atomic E-state index is 13.3. The molecule has 0 aliphatic carbocycles. The smallest absolute Gasteiger partial charge is 0.309 e. The Balaban J connectivity index is 2.94. The molecule has 9 atom stereocenters. The molecule has 1 fully saturated rings. The maximum absolute atomic E-state index is 13.3. The number of carbonyl (C=O) groups is 7. The Hall–Kier alpha value is -3.48. The summed E-state index contributed by atoms with van der Waals surface area (Å²) < 4.78 is 31.5. The zero-order chi connectivity index (χ0) is 48.0. The molecule has 63 heavy (non-hydrogen) atoms. The lowest BCUT2D eigenvalue weighted by Crippen LogP contribution is -2.64. The molecule has 0 aromatic heterocycles. The van der Waals surface area contributed by atoms with Crippen molar-refractivity contribution in [1.29, 1.82) is 0 Å². The average molecular weight is 918 g/mol. The number of carboxylic acid groups (broad SMARTS) is 1. The van der Waals surface area contributed by atoms with Gasteiger partial charge in [0.25, 0.3) is 0 Å². The van der Waals surface area contributed by atoms with Crippen LogP contribution < -0.4 is 21.7 Å². The van der Waals surface area contributed by atoms with E-state index < -0.39 is 103 Å². The Morgan fingerprint density at radius 1 is 0.778 bits per heavy atom. The molecule has 0 bridgehead atoms. The fourth-order valence-corrected chi connectivity index (χ4v) is 7.65. The number of aliphatic hydroxyl groups excluding tert-OH is 1. The molecular weight excluding hydrogens is 837 g/mol. The number of carbonyl (C=O) groups excluding carboxylic acids is 6. The van der Waals surface area contributed by atoms with Gasteiger partial charge in [0.1, 0.15) is 54.6 Å². The van der Waals surface area contributed by atoms with Crippen LogP contribution in [0.3, 0.4) is 0 Å². The van der Waals surface area contributed by atoms with Crippen molar-refractivity contribution in [2.24, 2.45) is 5.73 Å². The standard InChI is InChI=1S/C45H80N4O13S/c1-6-8-10-12-14-16-18-20-22-24-33(61-37(53)25-23-21-19-17-15-13-11-9-7-2)28-38(54)59-29-35-40(55)41(39(45(63)62-35)48-32(5)50)60-31(4)44(58)47-30(3)43(57)49-34(42(46)56)26-27-36(51)52/h30-31,33-35,39-41,45,55,63H,6-29H2,1-5H3,(H2,46,56)(H,47,58)(H,48,50)(H,49,57)(H,51,52)/t30-,31+,33+,34-,35+,39+,40+,41+,45-/m0/s1/i/hD. The second-order valence-corrected chi connectivity index (χ2v) is 17.3. The van der Waals surface area contributed by atoms with E-state index in [1.165, 1.54) is 85.0 Å². The number of amides is 4. The van der Waals surface area contributed by atoms with Gasteiger partial charge < -0.3 is 50.8 Å². The lowest BCUT2D eigenvalue weighted by Gasteiger charge is -2.43. The van der Waals surface area contributed by atoms with Crippen molar-refractivity contribution < 1.29 is 64.1 Å². The van der Waals surface area contributed by atoms with Gasteiger partial charge in [-0.2, -0.15) is 0 Å². The first-order valence-electron chi connectivity index (χ1n) is 23.8. The van der Waals surface area contributed by atoms with E-state index in [1.807, 2.05) is 0 Å². The number of hydrogen-bond acceptors (Lipinski definition) is 13. The molecule has 1 aliphatic rings. The summed E-state index contributed by atoms with van der Waals surface area (Å²) in [6.07, 6.45) is 13.2. The van der Waals surface area contributed by atoms with Gasteiger partial charge in [0.05, 0.1) is 12.5 Å². The molecule has 0 spiro atoms. The Labute approximate surface area is 382 Å². The third kappa shape index (κ3) is 26.2. The summed E-state index contributed by atoms with van der Waals surface area (Å²) in [5.41, 5.74) is 4.16. The number of esters is 2. The van der Waals surface area contributed by atoms with Crippen molar-refractivity contribution in [2.45, 2.75) is 236 Å². The van der Waals surface area contributed by atoms with Gasteiger partial charge in [-0.25, -0.2) is 0 Å². The lowest BCUT2D eigenvalue weighted by molar-refractivity contribution is -0.204. The summed E-state index contributed by atoms with van der Waals surface area (Å²) in [4.78, 5) is 87.3. The van der Waals surface area contributed by atoms with Crippen molar-refractivity contribution in [3.8, 4) is 0 Å². The summed E-state index contributed by atoms with van der Waals surface area (Å²) in [5, 5.41) is 25.5. The van der Waals surface area contributed by atoms with Crippen LogP contribution in [0.4, 0.5) is 0 Å². The number of primary amides is 1. The van der Waals surface area contributed by atoms with Crippen LogP contribution in [0, 0.1) is 0 Å². The molecule has 1 saturated heterocycles. The summed E-state index contributed by atoms with van der Waals surface area (Å²) in [6, 6.07) is -4.00. The highest BCUT2D eigenvalue weighted by Gasteiger charge is 2.47. The number of unbranched alkanes of at least 4 members (excludes halogenated alkanes) is 16. The van der Waals surface area contributed by atoms with Crippen molar-refractivity contribution in [3.05, 3.63) is 0 Å². The van der Waals surface area contributed by atoms with Gasteiger partial charge in [-0.1, -0.05) is 117 Å². The normalized spacial score (nSPS) is 20.6. The Kier molecular flexibility index (Phi) is 30.0. The van der Waals surface area contributed by atoms with Gasteiger partial charge in [-0.05, 0) is 39.5 Å². The first-order valence-corrected chi connectivity index (χ1v) is 23.9. The number of rotatable bonds is 36. The van der Waals surface area contributed by atoms with Crippen molar-refractivity contribution in [2.75, 3.05) is 6.61 Å². The van der Waals surface area contributed by atoms with Crippen LogP contribution in [0.25, 0.3) is 0 Å². The predicted molar refractivity (Wildman–Crippen MR) is 240 cm³/mol. The molecule has 0 radical (unpaired) electrons. The minimum atomic E-state index is -1.61. The number of thiol groups is 1. The number of hydrogen-bond donors (Lipinski definition) is 7. The first-order chi connectivity index (χ1) is 30.4. The monoisotopic (exact) mass is 918 g/mol. The minimum absolute atomic E-state index is 0.210. The number of carboxylic acids is 1. The van der Waals surface area contributed by atoms with Gasteiger partial charge in [-0.3, -0.25) is 33.6 Å². The van der Waals surface area contributed by atoms with E-state index in [2.05, 4.69) is 37.1 Å². The van der Waals surface area contributed by atoms with Crippen molar-refractivity contribution >= 4 is 54.2 Å². The molecule has 1 rings (SSSR count). The quantitative estimate of drug-likeness (QED) is 0.0239. The Morgan fingerprint density at radius 3 is 1.84 bits per heavy atom. The molecule has 0 aromatic rings. The van der Waals surface area contributed by atoms with Crippen LogP contribution in [-0.2, 0) is 52.5 Å². The van der Waals surface area contributed by atoms with E-state index in [4.69, 9.17) is 31.2 Å². The number of aliphatic hydroxyl groups is 1. The lowest BCUT2D eigenvalue weighted by atomic mass is 9.97. The van der Waals surface area contributed by atoms with Gasteiger partial charge in [0, 0.05) is 19.8 Å². The highest BCUT2D eigenvalue weighted by Crippen LogP contribution is 2.28. The Bertz CT molecular complexity index is 1410. The van der Waals surface area contributed by atoms with Gasteiger partial charge >= 0.3 is 17.9 Å². The zero-order valence-corrected chi connectivity index (χ0v) is 39.4. The molecule has 4 amide bonds. The second kappa shape index (κ2) is 33.9. The maximum Gasteiger partial charge on any atom is 0.309 e. The molecule has 0 aromatic carbocycles. The molecular formula is C45H80N4O13S. The molecule has 0 saturated carbocycles. The molecule has 18 heteroatoms. The molecule has 364 valence electrons. The van der Waals surface area contributed by atoms with Crippen molar-refractivity contribution in [3.63, 3.8) is 0 Å². The molecule has 1 aliphatic heterocycles. The summed E-state index contributed by atoms with van der Waals surface area (Å²) >= 11 is 4.44. The van der Waals surface area contributed by atoms with Gasteiger partial charge in [0.2, 0.25) is 23.6 Å². The van der Waals surface area contributed by atoms with Crippen LogP contribution in [0.5, 0.6) is 0 Å². The van der Waals surface area contributed by atoms with Crippen LogP contribution in [0.2, 0.25) is 1.41 Å². The summed E-state index contributed by atoms with van der Waals surface area (Å²) in [6.45, 7) is 7.57. The van der Waals surface area contributed by atoms with E-state index >= 15 is 0 Å². The molecule has 7 N–H and O–H groups in total. The number of nitrogens with one attached hydrogen (secondary N) is 3. The van der Waals surface area contributed by atoms with E-state index in [0.717, 1.165) is 44.9 Å². The fraction of sp³-hybridized carbons (Fsp3) is 0.844. The highest BCUT2D eigenvalue weighted by atomic mass is 32.1. The molecule has 0 unspecified atom stereocenters. The average Bonchev–Trinajstić information content (AvgIpc) is 3.24. The Morgan fingerprint density at radius 2 is 1.32 bits per heavy atom. The first kappa shape index (κ1) is 55.7. The summed E-state index contributed by atoms with van der Waals surface area (Å²) in [7, 11) is 0. The second-order valence-electron chi connectivity index (χ2n) is 16.8. The van der Waals surface area contributed by atoms with E-state index in [1.54, 1.807) is 0 Å². The third-order valence-electron chi connectivity index (χ3n) is 11.0.